The maximum absolute atomic E-state index is 6.16. The number of nitrogens with one attached hydrogen (secondary N) is 1. The topological polar surface area (TPSA) is 21.3 Å². The van der Waals surface area contributed by atoms with E-state index in [1.807, 2.05) is 0 Å². The van der Waals surface area contributed by atoms with Crippen LogP contribution in [0.4, 0.5) is 0 Å². The number of hydrogen-bond donors (Lipinski definition) is 1. The molecule has 3 fully saturated rings. The smallest absolute Gasteiger partial charge is 0.0713 e. The van der Waals surface area contributed by atoms with Crippen LogP contribution in [-0.2, 0) is 4.74 Å². The highest BCUT2D eigenvalue weighted by atomic mass is 32.2. The first-order valence-electron chi connectivity index (χ1n) is 7.81. The average Bonchev–Trinajstić information content (AvgIpc) is 2.91. The summed E-state index contributed by atoms with van der Waals surface area (Å²) in [5, 5.41) is 3.85. The van der Waals surface area contributed by atoms with Crippen molar-refractivity contribution in [1.82, 2.24) is 5.32 Å². The fraction of sp³-hybridized carbons (Fsp3) is 1.00. The predicted octanol–water partition coefficient (Wildman–Crippen LogP) is 3.21. The molecule has 3 rings (SSSR count). The van der Waals surface area contributed by atoms with Gasteiger partial charge < -0.3 is 10.1 Å². The summed E-state index contributed by atoms with van der Waals surface area (Å²) in [7, 11) is 0. The van der Waals surface area contributed by atoms with Crippen LogP contribution in [0.2, 0.25) is 0 Å². The molecule has 0 amide bonds. The molecule has 2 saturated heterocycles. The van der Waals surface area contributed by atoms with Gasteiger partial charge in [0.2, 0.25) is 0 Å². The molecule has 1 atom stereocenters. The first-order valence-corrected chi connectivity index (χ1v) is 8.97. The molecule has 0 radical (unpaired) electrons. The maximum Gasteiger partial charge on any atom is 0.0713 e. The molecule has 1 saturated carbocycles. The van der Waals surface area contributed by atoms with E-state index in [0.29, 0.717) is 0 Å². The molecule has 1 spiro atoms. The van der Waals surface area contributed by atoms with Crippen LogP contribution in [-0.4, -0.2) is 36.3 Å². The third-order valence-electron chi connectivity index (χ3n) is 5.07. The molecule has 2 aliphatic heterocycles. The van der Waals surface area contributed by atoms with Gasteiger partial charge in [-0.3, -0.25) is 0 Å². The third-order valence-corrected chi connectivity index (χ3v) is 6.05. The molecular formula is C15H27NOS. The van der Waals surface area contributed by atoms with Crippen molar-refractivity contribution in [3.05, 3.63) is 0 Å². The second-order valence-electron chi connectivity index (χ2n) is 6.39. The summed E-state index contributed by atoms with van der Waals surface area (Å²) in [6.07, 6.45) is 10.9. The van der Waals surface area contributed by atoms with Crippen LogP contribution in [0.25, 0.3) is 0 Å². The highest BCUT2D eigenvalue weighted by molar-refractivity contribution is 7.99. The van der Waals surface area contributed by atoms with Gasteiger partial charge in [0.25, 0.3) is 0 Å². The van der Waals surface area contributed by atoms with E-state index in [1.54, 1.807) is 0 Å². The van der Waals surface area contributed by atoms with Crippen molar-refractivity contribution in [1.29, 1.82) is 0 Å². The van der Waals surface area contributed by atoms with E-state index in [-0.39, 0.29) is 5.60 Å². The normalized spacial score (nSPS) is 33.0. The summed E-state index contributed by atoms with van der Waals surface area (Å²) < 4.78 is 6.16. The van der Waals surface area contributed by atoms with Crippen LogP contribution >= 0.6 is 11.8 Å². The Balaban J connectivity index is 1.47. The van der Waals surface area contributed by atoms with Crippen molar-refractivity contribution in [2.24, 2.45) is 5.92 Å². The van der Waals surface area contributed by atoms with Crippen LogP contribution in [0, 0.1) is 5.92 Å². The van der Waals surface area contributed by atoms with E-state index in [1.165, 1.54) is 69.4 Å². The minimum absolute atomic E-state index is 0.247. The molecule has 1 unspecified atom stereocenters. The van der Waals surface area contributed by atoms with Gasteiger partial charge in [0.15, 0.2) is 0 Å². The minimum atomic E-state index is 0.247. The highest BCUT2D eigenvalue weighted by Crippen LogP contribution is 2.37. The minimum Gasteiger partial charge on any atom is -0.375 e. The summed E-state index contributed by atoms with van der Waals surface area (Å²) in [6, 6.07) is 0.724. The van der Waals surface area contributed by atoms with Gasteiger partial charge in [0, 0.05) is 12.6 Å². The van der Waals surface area contributed by atoms with Crippen LogP contribution in [0.15, 0.2) is 0 Å². The lowest BCUT2D eigenvalue weighted by Crippen LogP contribution is -2.49. The molecule has 1 N–H and O–H groups in total. The lowest BCUT2D eigenvalue weighted by molar-refractivity contribution is -0.0933. The molecule has 18 heavy (non-hydrogen) atoms. The molecule has 2 nitrogen and oxygen atoms in total. The van der Waals surface area contributed by atoms with Crippen LogP contribution in [0.1, 0.15) is 51.4 Å². The molecule has 104 valence electrons. The molecule has 1 aliphatic carbocycles. The zero-order valence-electron chi connectivity index (χ0n) is 11.5. The molecular weight excluding hydrogens is 242 g/mol. The molecule has 0 aromatic heterocycles. The number of thioether (sulfide) groups is 1. The van der Waals surface area contributed by atoms with E-state index in [0.717, 1.165) is 18.6 Å². The molecule has 0 bridgehead atoms. The SMILES string of the molecule is C1CCC(CNC2CCOC3(CCSCC3)C2)C1. The Kier molecular flexibility index (Phi) is 4.53. The van der Waals surface area contributed by atoms with Gasteiger partial charge in [-0.05, 0) is 62.5 Å². The van der Waals surface area contributed by atoms with Gasteiger partial charge in [0.05, 0.1) is 5.60 Å². The highest BCUT2D eigenvalue weighted by Gasteiger charge is 2.38. The second kappa shape index (κ2) is 6.15. The fourth-order valence-corrected chi connectivity index (χ4v) is 5.08. The number of rotatable bonds is 3. The third kappa shape index (κ3) is 3.23. The van der Waals surface area contributed by atoms with E-state index in [4.69, 9.17) is 4.74 Å². The Hall–Kier alpha value is 0.270. The quantitative estimate of drug-likeness (QED) is 0.850. The zero-order valence-corrected chi connectivity index (χ0v) is 12.3. The second-order valence-corrected chi connectivity index (χ2v) is 7.62. The zero-order chi connectivity index (χ0) is 12.3. The Bertz CT molecular complexity index is 254. The Labute approximate surface area is 116 Å². The Morgan fingerprint density at radius 3 is 2.67 bits per heavy atom. The Morgan fingerprint density at radius 1 is 1.11 bits per heavy atom. The monoisotopic (exact) mass is 269 g/mol. The predicted molar refractivity (Wildman–Crippen MR) is 78.2 cm³/mol. The molecule has 3 heteroatoms. The van der Waals surface area contributed by atoms with Crippen LogP contribution < -0.4 is 5.32 Å². The number of ether oxygens (including phenoxy) is 1. The van der Waals surface area contributed by atoms with Crippen molar-refractivity contribution >= 4 is 11.8 Å². The summed E-state index contributed by atoms with van der Waals surface area (Å²) in [4.78, 5) is 0. The van der Waals surface area contributed by atoms with Crippen molar-refractivity contribution in [2.75, 3.05) is 24.7 Å². The summed E-state index contributed by atoms with van der Waals surface area (Å²) in [6.45, 7) is 2.24. The largest absolute Gasteiger partial charge is 0.375 e. The van der Waals surface area contributed by atoms with E-state index in [9.17, 15) is 0 Å². The molecule has 0 aromatic carbocycles. The van der Waals surface area contributed by atoms with Crippen molar-refractivity contribution in [3.8, 4) is 0 Å². The molecule has 2 heterocycles. The van der Waals surface area contributed by atoms with Crippen molar-refractivity contribution in [3.63, 3.8) is 0 Å². The molecule has 0 aromatic rings. The lowest BCUT2D eigenvalue weighted by Gasteiger charge is -2.43. The molecule has 3 aliphatic rings. The lowest BCUT2D eigenvalue weighted by atomic mass is 9.85. The van der Waals surface area contributed by atoms with Crippen LogP contribution in [0.3, 0.4) is 0 Å². The van der Waals surface area contributed by atoms with Gasteiger partial charge in [-0.2, -0.15) is 11.8 Å². The van der Waals surface area contributed by atoms with E-state index in [2.05, 4.69) is 17.1 Å². The van der Waals surface area contributed by atoms with Gasteiger partial charge in [-0.25, -0.2) is 0 Å². The van der Waals surface area contributed by atoms with E-state index >= 15 is 0 Å². The van der Waals surface area contributed by atoms with Gasteiger partial charge in [0.1, 0.15) is 0 Å². The van der Waals surface area contributed by atoms with Crippen LogP contribution in [0.5, 0.6) is 0 Å². The summed E-state index contributed by atoms with van der Waals surface area (Å²) in [5.41, 5.74) is 0.247. The summed E-state index contributed by atoms with van der Waals surface area (Å²) >= 11 is 2.10. The first-order chi connectivity index (χ1) is 8.86. The van der Waals surface area contributed by atoms with Gasteiger partial charge in [-0.1, -0.05) is 12.8 Å². The first kappa shape index (κ1) is 13.3. The standard InChI is InChI=1S/C15H27NOS/c1-2-4-13(3-1)12-16-14-5-8-17-15(11-14)6-9-18-10-7-15/h13-14,16H,1-12H2. The fourth-order valence-electron chi connectivity index (χ4n) is 3.84. The van der Waals surface area contributed by atoms with Gasteiger partial charge >= 0.3 is 0 Å². The van der Waals surface area contributed by atoms with E-state index < -0.39 is 0 Å². The average molecular weight is 269 g/mol. The maximum atomic E-state index is 6.16. The van der Waals surface area contributed by atoms with Crippen molar-refractivity contribution in [2.45, 2.75) is 63.0 Å². The van der Waals surface area contributed by atoms with Crippen molar-refractivity contribution < 1.29 is 4.74 Å². The van der Waals surface area contributed by atoms with Gasteiger partial charge in [-0.15, -0.1) is 0 Å². The summed E-state index contributed by atoms with van der Waals surface area (Å²) in [5.74, 6) is 3.57. The Morgan fingerprint density at radius 2 is 1.89 bits per heavy atom. The number of hydrogen-bond acceptors (Lipinski definition) is 3.